The maximum atomic E-state index is 11.1. The molecule has 0 amide bonds. The topological polar surface area (TPSA) is 119 Å². The van der Waals surface area contributed by atoms with Crippen LogP contribution in [0.4, 0.5) is 17.5 Å². The summed E-state index contributed by atoms with van der Waals surface area (Å²) in [5, 5.41) is 16.8. The Balaban J connectivity index is 2.27. The molecule has 0 fully saturated rings. The van der Waals surface area contributed by atoms with Crippen molar-refractivity contribution in [3.05, 3.63) is 39.6 Å². The molecule has 0 aliphatic rings. The Morgan fingerprint density at radius 3 is 2.57 bits per heavy atom. The van der Waals surface area contributed by atoms with Crippen LogP contribution in [0, 0.1) is 24.0 Å². The van der Waals surface area contributed by atoms with Gasteiger partial charge < -0.3 is 10.6 Å². The van der Waals surface area contributed by atoms with Crippen molar-refractivity contribution in [1.29, 1.82) is 0 Å². The second-order valence-corrected chi connectivity index (χ2v) is 4.34. The summed E-state index contributed by atoms with van der Waals surface area (Å²) in [5.74, 6) is 0.467. The SMILES string of the molecule is CNc1nc(C)c([N+](=O)[O-])c(NCc2cnc(C)cn2)n1. The molecular formula is C12H15N7O2. The molecule has 21 heavy (non-hydrogen) atoms. The molecule has 0 radical (unpaired) electrons. The van der Waals surface area contributed by atoms with Gasteiger partial charge in [0.1, 0.15) is 5.69 Å². The predicted octanol–water partition coefficient (Wildman–Crippen LogP) is 1.45. The maximum Gasteiger partial charge on any atom is 0.332 e. The van der Waals surface area contributed by atoms with Gasteiger partial charge in [-0.3, -0.25) is 20.1 Å². The van der Waals surface area contributed by atoms with Crippen molar-refractivity contribution in [2.75, 3.05) is 17.7 Å². The normalized spacial score (nSPS) is 10.2. The van der Waals surface area contributed by atoms with E-state index in [1.165, 1.54) is 0 Å². The van der Waals surface area contributed by atoms with Crippen molar-refractivity contribution in [1.82, 2.24) is 19.9 Å². The average Bonchev–Trinajstić information content (AvgIpc) is 2.45. The summed E-state index contributed by atoms with van der Waals surface area (Å²) >= 11 is 0. The molecule has 2 heterocycles. The summed E-state index contributed by atoms with van der Waals surface area (Å²) in [6.07, 6.45) is 3.25. The van der Waals surface area contributed by atoms with Gasteiger partial charge in [0.05, 0.1) is 29.1 Å². The summed E-state index contributed by atoms with van der Waals surface area (Å²) in [6, 6.07) is 0. The summed E-state index contributed by atoms with van der Waals surface area (Å²) < 4.78 is 0. The Morgan fingerprint density at radius 2 is 2.00 bits per heavy atom. The molecule has 2 rings (SSSR count). The van der Waals surface area contributed by atoms with E-state index >= 15 is 0 Å². The smallest absolute Gasteiger partial charge is 0.332 e. The number of aryl methyl sites for hydroxylation is 2. The average molecular weight is 289 g/mol. The van der Waals surface area contributed by atoms with E-state index in [9.17, 15) is 10.1 Å². The Bertz CT molecular complexity index is 657. The minimum atomic E-state index is -0.502. The second-order valence-electron chi connectivity index (χ2n) is 4.34. The van der Waals surface area contributed by atoms with Crippen molar-refractivity contribution in [3.63, 3.8) is 0 Å². The molecule has 0 saturated carbocycles. The van der Waals surface area contributed by atoms with Crippen LogP contribution in [0.15, 0.2) is 12.4 Å². The summed E-state index contributed by atoms with van der Waals surface area (Å²) in [7, 11) is 1.65. The van der Waals surface area contributed by atoms with Gasteiger partial charge >= 0.3 is 5.69 Å². The zero-order valence-corrected chi connectivity index (χ0v) is 11.9. The van der Waals surface area contributed by atoms with Crippen molar-refractivity contribution in [2.24, 2.45) is 0 Å². The largest absolute Gasteiger partial charge is 0.358 e. The number of hydrogen-bond donors (Lipinski definition) is 2. The third-order valence-electron chi connectivity index (χ3n) is 2.74. The highest BCUT2D eigenvalue weighted by Gasteiger charge is 2.21. The molecule has 9 nitrogen and oxygen atoms in total. The molecule has 0 spiro atoms. The number of nitrogens with one attached hydrogen (secondary N) is 2. The van der Waals surface area contributed by atoms with E-state index < -0.39 is 4.92 Å². The number of hydrogen-bond acceptors (Lipinski definition) is 8. The van der Waals surface area contributed by atoms with Gasteiger partial charge in [-0.15, -0.1) is 0 Å². The van der Waals surface area contributed by atoms with E-state index in [1.807, 2.05) is 6.92 Å². The van der Waals surface area contributed by atoms with Crippen LogP contribution >= 0.6 is 0 Å². The number of aromatic nitrogens is 4. The first-order chi connectivity index (χ1) is 10.0. The number of nitrogens with zero attached hydrogens (tertiary/aromatic N) is 5. The van der Waals surface area contributed by atoms with Gasteiger partial charge in [0.25, 0.3) is 0 Å². The van der Waals surface area contributed by atoms with Gasteiger partial charge in [0.15, 0.2) is 0 Å². The highest BCUT2D eigenvalue weighted by atomic mass is 16.6. The van der Waals surface area contributed by atoms with Gasteiger partial charge in [-0.05, 0) is 13.8 Å². The van der Waals surface area contributed by atoms with E-state index in [1.54, 1.807) is 26.4 Å². The van der Waals surface area contributed by atoms with Crippen molar-refractivity contribution < 1.29 is 4.92 Å². The zero-order chi connectivity index (χ0) is 15.4. The van der Waals surface area contributed by atoms with E-state index in [-0.39, 0.29) is 23.7 Å². The predicted molar refractivity (Wildman–Crippen MR) is 77.1 cm³/mol. The standard InChI is InChI=1S/C12H15N7O2/c1-7-4-15-9(5-14-7)6-16-11-10(19(20)21)8(2)17-12(13-3)18-11/h4-5H,6H2,1-3H3,(H2,13,16,17,18). The first kappa shape index (κ1) is 14.6. The highest BCUT2D eigenvalue weighted by molar-refractivity contribution is 5.60. The lowest BCUT2D eigenvalue weighted by Crippen LogP contribution is -2.10. The number of nitro groups is 1. The lowest BCUT2D eigenvalue weighted by molar-refractivity contribution is -0.385. The molecular weight excluding hydrogens is 274 g/mol. The third kappa shape index (κ3) is 3.38. The van der Waals surface area contributed by atoms with Crippen LogP contribution < -0.4 is 10.6 Å². The number of rotatable bonds is 5. The van der Waals surface area contributed by atoms with Gasteiger partial charge in [0, 0.05) is 13.2 Å². The Hall–Kier alpha value is -2.84. The van der Waals surface area contributed by atoms with E-state index in [0.29, 0.717) is 11.6 Å². The highest BCUT2D eigenvalue weighted by Crippen LogP contribution is 2.26. The van der Waals surface area contributed by atoms with Crippen LogP contribution in [0.2, 0.25) is 0 Å². The number of anilines is 2. The fraction of sp³-hybridized carbons (Fsp3) is 0.333. The van der Waals surface area contributed by atoms with Crippen LogP contribution in [0.5, 0.6) is 0 Å². The monoisotopic (exact) mass is 289 g/mol. The summed E-state index contributed by atoms with van der Waals surface area (Å²) in [5.41, 5.74) is 1.61. The van der Waals surface area contributed by atoms with Crippen LogP contribution in [0.3, 0.4) is 0 Å². The van der Waals surface area contributed by atoms with E-state index in [4.69, 9.17) is 0 Å². The lowest BCUT2D eigenvalue weighted by atomic mass is 10.3. The molecule has 0 saturated heterocycles. The van der Waals surface area contributed by atoms with Crippen molar-refractivity contribution >= 4 is 17.5 Å². The third-order valence-corrected chi connectivity index (χ3v) is 2.74. The minimum Gasteiger partial charge on any atom is -0.358 e. The van der Waals surface area contributed by atoms with E-state index in [0.717, 1.165) is 5.69 Å². The van der Waals surface area contributed by atoms with Gasteiger partial charge in [0.2, 0.25) is 11.8 Å². The van der Waals surface area contributed by atoms with Crippen LogP contribution in [0.25, 0.3) is 0 Å². The van der Waals surface area contributed by atoms with Gasteiger partial charge in [-0.2, -0.15) is 4.98 Å². The summed E-state index contributed by atoms with van der Waals surface area (Å²) in [4.78, 5) is 27.0. The van der Waals surface area contributed by atoms with Crippen molar-refractivity contribution in [3.8, 4) is 0 Å². The molecule has 0 aliphatic heterocycles. The molecule has 2 aromatic rings. The van der Waals surface area contributed by atoms with Crippen molar-refractivity contribution in [2.45, 2.75) is 20.4 Å². The molecule has 0 unspecified atom stereocenters. The Kier molecular flexibility index (Phi) is 4.21. The Morgan fingerprint density at radius 1 is 1.24 bits per heavy atom. The first-order valence-corrected chi connectivity index (χ1v) is 6.23. The Labute approximate surface area is 121 Å². The molecule has 0 aliphatic carbocycles. The van der Waals surface area contributed by atoms with Gasteiger partial charge in [-0.1, -0.05) is 0 Å². The van der Waals surface area contributed by atoms with Crippen LogP contribution in [-0.2, 0) is 6.54 Å². The quantitative estimate of drug-likeness (QED) is 0.627. The second kappa shape index (κ2) is 6.07. The molecule has 0 atom stereocenters. The van der Waals surface area contributed by atoms with Crippen LogP contribution in [-0.4, -0.2) is 31.9 Å². The summed E-state index contributed by atoms with van der Waals surface area (Å²) in [6.45, 7) is 3.69. The molecule has 0 aromatic carbocycles. The fourth-order valence-electron chi connectivity index (χ4n) is 1.71. The molecule has 2 N–H and O–H groups in total. The molecule has 2 aromatic heterocycles. The van der Waals surface area contributed by atoms with Crippen LogP contribution in [0.1, 0.15) is 17.1 Å². The molecule has 0 bridgehead atoms. The maximum absolute atomic E-state index is 11.1. The minimum absolute atomic E-state index is 0.144. The first-order valence-electron chi connectivity index (χ1n) is 6.23. The van der Waals surface area contributed by atoms with E-state index in [2.05, 4.69) is 30.6 Å². The molecule has 110 valence electrons. The molecule has 9 heteroatoms. The zero-order valence-electron chi connectivity index (χ0n) is 11.9. The fourth-order valence-corrected chi connectivity index (χ4v) is 1.71. The van der Waals surface area contributed by atoms with Gasteiger partial charge in [-0.25, -0.2) is 4.98 Å². The lowest BCUT2D eigenvalue weighted by Gasteiger charge is -2.09.